The van der Waals surface area contributed by atoms with Crippen molar-refractivity contribution in [3.8, 4) is 16.9 Å². The molecule has 3 heteroatoms. The van der Waals surface area contributed by atoms with E-state index in [1.165, 1.54) is 10.9 Å². The molecule has 0 aliphatic carbocycles. The van der Waals surface area contributed by atoms with E-state index in [4.69, 9.17) is 16.5 Å². The first-order chi connectivity index (χ1) is 7.86. The summed E-state index contributed by atoms with van der Waals surface area (Å²) in [4.78, 5) is 0. The van der Waals surface area contributed by atoms with Gasteiger partial charge in [0.05, 0.1) is 7.11 Å². The van der Waals surface area contributed by atoms with Crippen LogP contribution in [0.1, 0.15) is 0 Å². The molecule has 0 spiro atoms. The highest BCUT2D eigenvalue weighted by Gasteiger charge is 2.06. The highest BCUT2D eigenvalue weighted by atomic mass is 32.4. The molecule has 0 aromatic heterocycles. The van der Waals surface area contributed by atoms with Crippen LogP contribution in [0.15, 0.2) is 48.5 Å². The predicted molar refractivity (Wildman–Crippen MR) is 75.1 cm³/mol. The van der Waals surface area contributed by atoms with E-state index in [-0.39, 0.29) is 7.36 Å². The summed E-state index contributed by atoms with van der Waals surface area (Å²) in [5, 5.41) is 1.25. The Hall–Kier alpha value is -1.11. The maximum absolute atomic E-state index is 5.37. The van der Waals surface area contributed by atoms with Crippen molar-refractivity contribution < 1.29 is 4.74 Å². The zero-order valence-corrected chi connectivity index (χ0v) is 11.0. The van der Waals surface area contributed by atoms with E-state index in [0.717, 1.165) is 11.3 Å². The number of rotatable bonds is 3. The maximum Gasteiger partial charge on any atom is 0.126 e. The highest BCUT2D eigenvalue weighted by Crippen LogP contribution is 2.29. The molecule has 0 saturated heterocycles. The Kier molecular flexibility index (Phi) is 3.76. The molecule has 82 valence electrons. The Labute approximate surface area is 102 Å². The fourth-order valence-corrected chi connectivity index (χ4v) is 2.90. The van der Waals surface area contributed by atoms with Crippen LogP contribution >= 0.6 is 7.36 Å². The molecule has 16 heavy (non-hydrogen) atoms. The Morgan fingerprint density at radius 1 is 0.938 bits per heavy atom. The van der Waals surface area contributed by atoms with Crippen molar-refractivity contribution in [3.63, 3.8) is 0 Å². The zero-order chi connectivity index (χ0) is 11.4. The molecule has 0 bridgehead atoms. The number of hydrogen-bond donors (Lipinski definition) is 0. The van der Waals surface area contributed by atoms with E-state index in [9.17, 15) is 0 Å². The number of hydrogen-bond acceptors (Lipinski definition) is 2. The Balaban J connectivity index is 2.62. The molecular weight excluding hydrogens is 235 g/mol. The fourth-order valence-electron chi connectivity index (χ4n) is 1.71. The monoisotopic (exact) mass is 248 g/mol. The smallest absolute Gasteiger partial charge is 0.126 e. The molecule has 0 aliphatic heterocycles. The van der Waals surface area contributed by atoms with Gasteiger partial charge in [-0.15, -0.1) is 0 Å². The molecule has 2 aromatic carbocycles. The van der Waals surface area contributed by atoms with Crippen molar-refractivity contribution in [3.05, 3.63) is 48.5 Å². The zero-order valence-electron chi connectivity index (χ0n) is 9.01. The first-order valence-corrected chi connectivity index (χ1v) is 7.50. The van der Waals surface area contributed by atoms with Gasteiger partial charge in [-0.1, -0.05) is 54.3 Å². The molecule has 2 rings (SSSR count). The van der Waals surface area contributed by atoms with Gasteiger partial charge in [0.2, 0.25) is 0 Å². The molecule has 2 aromatic rings. The molecule has 0 heterocycles. The summed E-state index contributed by atoms with van der Waals surface area (Å²) in [5.74, 6) is 0.901. The van der Waals surface area contributed by atoms with Crippen LogP contribution in [-0.2, 0) is 11.8 Å². The minimum Gasteiger partial charge on any atom is -0.496 e. The van der Waals surface area contributed by atoms with Crippen molar-refractivity contribution in [2.24, 2.45) is 0 Å². The van der Waals surface area contributed by atoms with Crippen LogP contribution in [0.4, 0.5) is 0 Å². The number of benzene rings is 2. The third-order valence-electron chi connectivity index (χ3n) is 2.48. The minimum absolute atomic E-state index is 0.0987. The van der Waals surface area contributed by atoms with Gasteiger partial charge in [-0.05, 0) is 24.3 Å². The highest BCUT2D eigenvalue weighted by molar-refractivity contribution is 7.99. The van der Waals surface area contributed by atoms with Gasteiger partial charge in [0.25, 0.3) is 0 Å². The van der Waals surface area contributed by atoms with Crippen molar-refractivity contribution in [2.75, 3.05) is 7.11 Å². The van der Waals surface area contributed by atoms with Crippen molar-refractivity contribution in [1.82, 2.24) is 0 Å². The van der Waals surface area contributed by atoms with Crippen LogP contribution in [-0.4, -0.2) is 7.11 Å². The predicted octanol–water partition coefficient (Wildman–Crippen LogP) is 2.86. The number of ether oxygens (including phenoxy) is 1. The lowest BCUT2D eigenvalue weighted by Crippen LogP contribution is -1.98. The normalized spacial score (nSPS) is 10.8. The summed E-state index contributed by atoms with van der Waals surface area (Å²) in [6.07, 6.45) is 0. The van der Waals surface area contributed by atoms with Crippen LogP contribution in [0.2, 0.25) is 0 Å². The van der Waals surface area contributed by atoms with E-state index in [1.54, 1.807) is 7.11 Å². The van der Waals surface area contributed by atoms with E-state index in [0.29, 0.717) is 0 Å². The topological polar surface area (TPSA) is 9.23 Å². The summed E-state index contributed by atoms with van der Waals surface area (Å²) in [5.41, 5.74) is 2.32. The molecule has 1 nitrogen and oxygen atoms in total. The Bertz CT molecular complexity index is 511. The Morgan fingerprint density at radius 2 is 1.56 bits per heavy atom. The third kappa shape index (κ3) is 2.18. The second-order valence-corrected chi connectivity index (χ2v) is 4.97. The molecular formula is C13H13OPS. The van der Waals surface area contributed by atoms with Gasteiger partial charge >= 0.3 is 0 Å². The SMILES string of the molecule is COc1ccccc1-c1ccccc1[PH2]=S. The lowest BCUT2D eigenvalue weighted by Gasteiger charge is -2.10. The quantitative estimate of drug-likeness (QED) is 0.772. The van der Waals surface area contributed by atoms with Gasteiger partial charge in [0.1, 0.15) is 5.75 Å². The van der Waals surface area contributed by atoms with Gasteiger partial charge < -0.3 is 4.74 Å². The van der Waals surface area contributed by atoms with Gasteiger partial charge in [-0.2, -0.15) is 0 Å². The minimum atomic E-state index is -0.0987. The molecule has 0 amide bonds. The molecule has 1 unspecified atom stereocenters. The molecule has 0 N–H and O–H groups in total. The summed E-state index contributed by atoms with van der Waals surface area (Å²) in [6, 6.07) is 16.3. The largest absolute Gasteiger partial charge is 0.496 e. The third-order valence-corrected chi connectivity index (χ3v) is 4.00. The lowest BCUT2D eigenvalue weighted by atomic mass is 10.0. The maximum atomic E-state index is 5.37. The van der Waals surface area contributed by atoms with Crippen LogP contribution in [0.5, 0.6) is 5.75 Å². The van der Waals surface area contributed by atoms with Gasteiger partial charge in [0.15, 0.2) is 0 Å². The second-order valence-electron chi connectivity index (χ2n) is 3.41. The summed E-state index contributed by atoms with van der Waals surface area (Å²) in [6.45, 7) is 0. The average molecular weight is 248 g/mol. The van der Waals surface area contributed by atoms with Crippen LogP contribution in [0.3, 0.4) is 0 Å². The van der Waals surface area contributed by atoms with Gasteiger partial charge in [-0.3, -0.25) is 0 Å². The molecule has 0 aliphatic rings. The average Bonchev–Trinajstić information content (AvgIpc) is 2.38. The number of methoxy groups -OCH3 is 1. The summed E-state index contributed by atoms with van der Waals surface area (Å²) in [7, 11) is 1.60. The van der Waals surface area contributed by atoms with Crippen LogP contribution < -0.4 is 10.0 Å². The van der Waals surface area contributed by atoms with Gasteiger partial charge in [0, 0.05) is 5.56 Å². The number of para-hydroxylation sites is 1. The fraction of sp³-hybridized carbons (Fsp3) is 0.0769. The molecule has 1 atom stereocenters. The van der Waals surface area contributed by atoms with E-state index < -0.39 is 0 Å². The first kappa shape index (κ1) is 11.4. The van der Waals surface area contributed by atoms with Crippen LogP contribution in [0, 0.1) is 0 Å². The van der Waals surface area contributed by atoms with E-state index in [1.807, 2.05) is 30.3 Å². The molecule has 0 radical (unpaired) electrons. The summed E-state index contributed by atoms with van der Waals surface area (Å²) >= 11 is 5.23. The van der Waals surface area contributed by atoms with E-state index in [2.05, 4.69) is 18.2 Å². The summed E-state index contributed by atoms with van der Waals surface area (Å²) < 4.78 is 5.37. The van der Waals surface area contributed by atoms with Crippen LogP contribution in [0.25, 0.3) is 11.1 Å². The second kappa shape index (κ2) is 5.29. The van der Waals surface area contributed by atoms with Crippen molar-refractivity contribution >= 4 is 24.5 Å². The molecule has 0 fully saturated rings. The standard InChI is InChI=1S/C13H13OPS/c1-14-12-8-4-2-6-10(12)11-7-3-5-9-13(11)15-16/h2-9H,15H2,1H3. The van der Waals surface area contributed by atoms with Crippen molar-refractivity contribution in [2.45, 2.75) is 0 Å². The molecule has 0 saturated carbocycles. The first-order valence-electron chi connectivity index (χ1n) is 5.04. The van der Waals surface area contributed by atoms with Gasteiger partial charge in [-0.25, -0.2) is 0 Å². The Morgan fingerprint density at radius 3 is 2.25 bits per heavy atom. The van der Waals surface area contributed by atoms with Crippen molar-refractivity contribution in [1.29, 1.82) is 0 Å². The van der Waals surface area contributed by atoms with E-state index >= 15 is 0 Å². The lowest BCUT2D eigenvalue weighted by molar-refractivity contribution is 0.416.